The fraction of sp³-hybridized carbons (Fsp3) is 0.235. The number of aromatic nitrogens is 4. The predicted octanol–water partition coefficient (Wildman–Crippen LogP) is 4.44. The monoisotopic (exact) mass is 386 g/mol. The van der Waals surface area contributed by atoms with Crippen LogP contribution in [0.3, 0.4) is 0 Å². The van der Waals surface area contributed by atoms with E-state index in [2.05, 4.69) is 72.7 Å². The number of halogens is 1. The van der Waals surface area contributed by atoms with Gasteiger partial charge in [-0.1, -0.05) is 37.3 Å². The summed E-state index contributed by atoms with van der Waals surface area (Å²) in [5, 5.41) is 13.7. The van der Waals surface area contributed by atoms with Gasteiger partial charge in [0.05, 0.1) is 10.5 Å². The molecule has 0 aliphatic carbocycles. The van der Waals surface area contributed by atoms with Crippen LogP contribution in [0.5, 0.6) is 0 Å². The molecule has 1 unspecified atom stereocenters. The van der Waals surface area contributed by atoms with E-state index >= 15 is 0 Å². The third-order valence-corrected chi connectivity index (χ3v) is 4.23. The topological polar surface area (TPSA) is 78.5 Å². The van der Waals surface area contributed by atoms with E-state index in [-0.39, 0.29) is 6.04 Å². The molecular weight excluding hydrogens is 368 g/mol. The zero-order valence-electron chi connectivity index (χ0n) is 13.5. The minimum absolute atomic E-state index is 0.109. The van der Waals surface area contributed by atoms with Crippen molar-refractivity contribution in [2.45, 2.75) is 26.3 Å². The molecule has 0 saturated carbocycles. The van der Waals surface area contributed by atoms with Gasteiger partial charge in [0.25, 0.3) is 0 Å². The van der Waals surface area contributed by atoms with Gasteiger partial charge < -0.3 is 10.6 Å². The van der Waals surface area contributed by atoms with E-state index in [0.717, 1.165) is 22.4 Å². The highest BCUT2D eigenvalue weighted by Gasteiger charge is 2.10. The molecule has 124 valence electrons. The second-order valence-electron chi connectivity index (χ2n) is 5.42. The fourth-order valence-electron chi connectivity index (χ4n) is 2.27. The Hall–Kier alpha value is -2.41. The molecule has 3 rings (SSSR count). The Bertz CT molecular complexity index is 802. The molecule has 3 aromatic rings. The smallest absolute Gasteiger partial charge is 0.225 e. The van der Waals surface area contributed by atoms with Crippen molar-refractivity contribution in [3.63, 3.8) is 0 Å². The molecule has 2 aromatic heterocycles. The van der Waals surface area contributed by atoms with Crippen LogP contribution in [0.2, 0.25) is 0 Å². The highest BCUT2D eigenvalue weighted by Crippen LogP contribution is 2.25. The number of rotatable bonds is 6. The number of hydrogen-bond donors (Lipinski definition) is 3. The quantitative estimate of drug-likeness (QED) is 0.583. The third-order valence-electron chi connectivity index (χ3n) is 3.65. The molecular formula is C17H19BrN6. The summed E-state index contributed by atoms with van der Waals surface area (Å²) in [7, 11) is 0. The molecule has 6 nitrogen and oxygen atoms in total. The molecule has 24 heavy (non-hydrogen) atoms. The summed E-state index contributed by atoms with van der Waals surface area (Å²) in [6, 6.07) is 12.3. The highest BCUT2D eigenvalue weighted by molar-refractivity contribution is 9.10. The van der Waals surface area contributed by atoms with Gasteiger partial charge in [-0.3, -0.25) is 5.10 Å². The van der Waals surface area contributed by atoms with Crippen molar-refractivity contribution < 1.29 is 0 Å². The summed E-state index contributed by atoms with van der Waals surface area (Å²) in [4.78, 5) is 8.86. The third kappa shape index (κ3) is 3.91. The second-order valence-corrected chi connectivity index (χ2v) is 6.28. The van der Waals surface area contributed by atoms with Gasteiger partial charge in [-0.25, -0.2) is 4.98 Å². The number of nitrogens with one attached hydrogen (secondary N) is 3. The van der Waals surface area contributed by atoms with E-state index in [0.29, 0.717) is 11.8 Å². The van der Waals surface area contributed by atoms with E-state index in [1.165, 1.54) is 5.56 Å². The largest absolute Gasteiger partial charge is 0.348 e. The number of hydrogen-bond acceptors (Lipinski definition) is 5. The zero-order chi connectivity index (χ0) is 16.9. The minimum Gasteiger partial charge on any atom is -0.348 e. The lowest BCUT2D eigenvalue weighted by Gasteiger charge is -2.15. The molecule has 1 atom stereocenters. The molecule has 1 aromatic carbocycles. The van der Waals surface area contributed by atoms with Gasteiger partial charge >= 0.3 is 0 Å². The van der Waals surface area contributed by atoms with Gasteiger partial charge in [0.2, 0.25) is 5.95 Å². The first kappa shape index (κ1) is 16.4. The average Bonchev–Trinajstić information content (AvgIpc) is 3.06. The van der Waals surface area contributed by atoms with E-state index in [1.807, 2.05) is 24.3 Å². The first-order valence-corrected chi connectivity index (χ1v) is 8.60. The van der Waals surface area contributed by atoms with Gasteiger partial charge in [-0.15, -0.1) is 0 Å². The predicted molar refractivity (Wildman–Crippen MR) is 99.5 cm³/mol. The molecule has 0 spiro atoms. The Morgan fingerprint density at radius 3 is 2.75 bits per heavy atom. The molecule has 0 amide bonds. The fourth-order valence-corrected chi connectivity index (χ4v) is 2.56. The zero-order valence-corrected chi connectivity index (χ0v) is 15.1. The normalized spacial score (nSPS) is 12.0. The van der Waals surface area contributed by atoms with Crippen molar-refractivity contribution in [1.29, 1.82) is 0 Å². The maximum absolute atomic E-state index is 4.53. The minimum atomic E-state index is 0.109. The number of anilines is 3. The molecule has 7 heteroatoms. The summed E-state index contributed by atoms with van der Waals surface area (Å²) >= 11 is 3.47. The molecule has 0 saturated heterocycles. The molecule has 0 aliphatic heterocycles. The van der Waals surface area contributed by atoms with Crippen molar-refractivity contribution in [3.8, 4) is 0 Å². The van der Waals surface area contributed by atoms with Crippen LogP contribution in [-0.2, 0) is 6.42 Å². The SMILES string of the molecule is CCc1cc(Nc2nc(NC(C)c3ccccc3)ncc2Br)n[nH]1. The van der Waals surface area contributed by atoms with Gasteiger partial charge in [0.15, 0.2) is 11.6 Å². The van der Waals surface area contributed by atoms with Gasteiger partial charge in [0.1, 0.15) is 0 Å². The van der Waals surface area contributed by atoms with Crippen LogP contribution in [0, 0.1) is 0 Å². The maximum Gasteiger partial charge on any atom is 0.225 e. The maximum atomic E-state index is 4.53. The van der Waals surface area contributed by atoms with Crippen LogP contribution < -0.4 is 10.6 Å². The van der Waals surface area contributed by atoms with Crippen molar-refractivity contribution >= 4 is 33.5 Å². The summed E-state index contributed by atoms with van der Waals surface area (Å²) < 4.78 is 0.779. The molecule has 2 heterocycles. The van der Waals surface area contributed by atoms with Crippen LogP contribution >= 0.6 is 15.9 Å². The van der Waals surface area contributed by atoms with E-state index in [9.17, 15) is 0 Å². The van der Waals surface area contributed by atoms with E-state index in [4.69, 9.17) is 0 Å². The lowest BCUT2D eigenvalue weighted by molar-refractivity contribution is 0.860. The van der Waals surface area contributed by atoms with Crippen molar-refractivity contribution in [1.82, 2.24) is 20.2 Å². The summed E-state index contributed by atoms with van der Waals surface area (Å²) in [6.07, 6.45) is 2.63. The first-order valence-electron chi connectivity index (χ1n) is 7.81. The number of aromatic amines is 1. The van der Waals surface area contributed by atoms with Crippen molar-refractivity contribution in [2.75, 3.05) is 10.6 Å². The Labute approximate surface area is 149 Å². The number of nitrogens with zero attached hydrogens (tertiary/aromatic N) is 3. The Balaban J connectivity index is 1.76. The number of aryl methyl sites for hydroxylation is 1. The summed E-state index contributed by atoms with van der Waals surface area (Å²) in [5.74, 6) is 1.96. The van der Waals surface area contributed by atoms with Gasteiger partial charge in [-0.2, -0.15) is 10.1 Å². The number of benzene rings is 1. The number of H-pyrrole nitrogens is 1. The van der Waals surface area contributed by atoms with E-state index < -0.39 is 0 Å². The average molecular weight is 387 g/mol. The van der Waals surface area contributed by atoms with Crippen molar-refractivity contribution in [3.05, 3.63) is 58.3 Å². The van der Waals surface area contributed by atoms with Gasteiger partial charge in [-0.05, 0) is 34.8 Å². The molecule has 0 aliphatic rings. The van der Waals surface area contributed by atoms with E-state index in [1.54, 1.807) is 6.20 Å². The van der Waals surface area contributed by atoms with Crippen molar-refractivity contribution in [2.24, 2.45) is 0 Å². The standard InChI is InChI=1S/C17H19BrN6/c1-3-13-9-15(24-23-13)21-16-14(18)10-19-17(22-16)20-11(2)12-7-5-4-6-8-12/h4-11H,3H2,1-2H3,(H3,19,20,21,22,23,24). The second kappa shape index (κ2) is 7.44. The molecule has 0 fully saturated rings. The lowest BCUT2D eigenvalue weighted by atomic mass is 10.1. The van der Waals surface area contributed by atoms with Crippen LogP contribution in [0.25, 0.3) is 0 Å². The molecule has 0 radical (unpaired) electrons. The van der Waals surface area contributed by atoms with Crippen LogP contribution in [0.1, 0.15) is 31.1 Å². The molecule has 0 bridgehead atoms. The summed E-state index contributed by atoms with van der Waals surface area (Å²) in [6.45, 7) is 4.15. The Morgan fingerprint density at radius 1 is 1.25 bits per heavy atom. The lowest BCUT2D eigenvalue weighted by Crippen LogP contribution is -2.10. The Kier molecular flexibility index (Phi) is 5.10. The molecule has 3 N–H and O–H groups in total. The first-order chi connectivity index (χ1) is 11.7. The van der Waals surface area contributed by atoms with Crippen LogP contribution in [0.15, 0.2) is 47.1 Å². The highest BCUT2D eigenvalue weighted by atomic mass is 79.9. The van der Waals surface area contributed by atoms with Crippen LogP contribution in [-0.4, -0.2) is 20.2 Å². The van der Waals surface area contributed by atoms with Crippen LogP contribution in [0.4, 0.5) is 17.6 Å². The van der Waals surface area contributed by atoms with Gasteiger partial charge in [0, 0.05) is 18.0 Å². The summed E-state index contributed by atoms with van der Waals surface area (Å²) in [5.41, 5.74) is 2.25. The Morgan fingerprint density at radius 2 is 2.04 bits per heavy atom.